The molecule has 2 aliphatic carbocycles. The molecule has 2 aliphatic heterocycles. The largest absolute Gasteiger partial charge is 0.371 e. The van der Waals surface area contributed by atoms with E-state index in [1.54, 1.807) is 28.4 Å². The molecule has 6 heteroatoms. The molecule has 0 aromatic heterocycles. The summed E-state index contributed by atoms with van der Waals surface area (Å²) in [6.45, 7) is 8.45. The molecule has 0 radical (unpaired) electrons. The van der Waals surface area contributed by atoms with Crippen molar-refractivity contribution in [1.29, 1.82) is 0 Å². The highest BCUT2D eigenvalue weighted by Crippen LogP contribution is 2.48. The molecule has 0 amide bonds. The number of anilines is 2. The van der Waals surface area contributed by atoms with Crippen LogP contribution in [0, 0.1) is 25.7 Å². The van der Waals surface area contributed by atoms with Crippen LogP contribution < -0.4 is 9.80 Å². The molecule has 66 heavy (non-hydrogen) atoms. The van der Waals surface area contributed by atoms with Crippen molar-refractivity contribution in [3.8, 4) is 0 Å². The molecule has 6 atom stereocenters. The molecule has 6 aromatic rings. The quantitative estimate of drug-likeness (QED) is 0.114. The van der Waals surface area contributed by atoms with E-state index in [-0.39, 0.29) is 12.6 Å². The molecule has 4 aliphatic rings. The molecule has 2 heterocycles. The lowest BCUT2D eigenvalue weighted by Gasteiger charge is -2.35. The first-order valence-electron chi connectivity index (χ1n) is 24.5. The third-order valence-corrected chi connectivity index (χ3v) is 15.4. The third kappa shape index (κ3) is 9.89. The van der Waals surface area contributed by atoms with E-state index in [0.717, 1.165) is 51.9 Å². The van der Waals surface area contributed by atoms with Crippen LogP contribution in [-0.4, -0.2) is 67.2 Å². The van der Waals surface area contributed by atoms with Gasteiger partial charge in [0, 0.05) is 89.7 Å². The number of aryl methyl sites for hydroxylation is 4. The summed E-state index contributed by atoms with van der Waals surface area (Å²) in [6.07, 6.45) is 6.64. The van der Waals surface area contributed by atoms with E-state index >= 15 is 0 Å². The summed E-state index contributed by atoms with van der Waals surface area (Å²) < 4.78 is 22.1. The SMILES string of the molecule is COC(OC)[C@@H]1CCN(c2ccc([C@@H]3c4ccc(C)cc4CC[C@@H]3c3ccccc3)cc2)C1.COC(OC)[C@@H]1CCN(c2ccc([C@H]3c4ccc(C)cc4CC[C@H]3c3ccccc3)cc2)C1. The van der Waals surface area contributed by atoms with Gasteiger partial charge in [0.2, 0.25) is 0 Å². The smallest absolute Gasteiger partial charge is 0.161 e. The van der Waals surface area contributed by atoms with Crippen LogP contribution in [0.15, 0.2) is 146 Å². The second-order valence-corrected chi connectivity index (χ2v) is 19.3. The maximum atomic E-state index is 5.51. The minimum absolute atomic E-state index is 0.122. The van der Waals surface area contributed by atoms with Crippen LogP contribution >= 0.6 is 0 Å². The maximum Gasteiger partial charge on any atom is 0.161 e. The molecule has 0 spiro atoms. The van der Waals surface area contributed by atoms with Crippen LogP contribution in [0.2, 0.25) is 0 Å². The van der Waals surface area contributed by atoms with Gasteiger partial charge in [0.15, 0.2) is 12.6 Å². The number of ether oxygens (including phenoxy) is 4. The Kier molecular flexibility index (Phi) is 14.7. The summed E-state index contributed by atoms with van der Waals surface area (Å²) in [5.41, 5.74) is 17.1. The van der Waals surface area contributed by atoms with E-state index in [9.17, 15) is 0 Å². The molecule has 0 unspecified atom stereocenters. The average Bonchev–Trinajstić information content (AvgIpc) is 4.07. The van der Waals surface area contributed by atoms with Crippen molar-refractivity contribution in [1.82, 2.24) is 0 Å². The van der Waals surface area contributed by atoms with Crippen molar-refractivity contribution >= 4 is 11.4 Å². The van der Waals surface area contributed by atoms with Crippen LogP contribution in [0.3, 0.4) is 0 Å². The fraction of sp³-hybridized carbons (Fsp3) is 0.400. The van der Waals surface area contributed by atoms with Gasteiger partial charge in [-0.25, -0.2) is 0 Å². The Bertz CT molecular complexity index is 2290. The second-order valence-electron chi connectivity index (χ2n) is 19.3. The zero-order valence-electron chi connectivity index (χ0n) is 40.1. The van der Waals surface area contributed by atoms with Gasteiger partial charge in [-0.15, -0.1) is 0 Å². The molecule has 2 saturated heterocycles. The second kappa shape index (κ2) is 21.2. The monoisotopic (exact) mass is 883 g/mol. The Labute approximate surface area is 394 Å². The van der Waals surface area contributed by atoms with E-state index in [2.05, 4.69) is 169 Å². The van der Waals surface area contributed by atoms with Crippen molar-refractivity contribution in [2.45, 2.75) is 88.6 Å². The van der Waals surface area contributed by atoms with Gasteiger partial charge in [0.05, 0.1) is 0 Å². The summed E-state index contributed by atoms with van der Waals surface area (Å²) >= 11 is 0. The van der Waals surface area contributed by atoms with E-state index in [0.29, 0.717) is 35.5 Å². The van der Waals surface area contributed by atoms with E-state index in [1.165, 1.54) is 79.9 Å². The number of hydrogen-bond acceptors (Lipinski definition) is 6. The summed E-state index contributed by atoms with van der Waals surface area (Å²) in [7, 11) is 6.94. The van der Waals surface area contributed by atoms with E-state index in [1.807, 2.05) is 0 Å². The predicted molar refractivity (Wildman–Crippen MR) is 270 cm³/mol. The van der Waals surface area contributed by atoms with Gasteiger partial charge in [-0.2, -0.15) is 0 Å². The third-order valence-electron chi connectivity index (χ3n) is 15.4. The van der Waals surface area contributed by atoms with E-state index < -0.39 is 0 Å². The summed E-state index contributed by atoms with van der Waals surface area (Å²) in [5, 5.41) is 0. The number of rotatable bonds is 12. The molecular formula is C60H70N2O4. The van der Waals surface area contributed by atoms with Gasteiger partial charge >= 0.3 is 0 Å². The van der Waals surface area contributed by atoms with Crippen LogP contribution in [0.5, 0.6) is 0 Å². The molecule has 6 nitrogen and oxygen atoms in total. The summed E-state index contributed by atoms with van der Waals surface area (Å²) in [6, 6.07) is 55.0. The lowest BCUT2D eigenvalue weighted by atomic mass is 9.69. The summed E-state index contributed by atoms with van der Waals surface area (Å²) in [4.78, 5) is 4.93. The fourth-order valence-electron chi connectivity index (χ4n) is 12.1. The molecular weight excluding hydrogens is 813 g/mol. The van der Waals surface area contributed by atoms with Crippen molar-refractivity contribution in [3.05, 3.63) is 201 Å². The van der Waals surface area contributed by atoms with Crippen LogP contribution in [-0.2, 0) is 31.8 Å². The number of fused-ring (bicyclic) bond motifs is 2. The number of hydrogen-bond donors (Lipinski definition) is 0. The standard InChI is InChI=1S/2C30H35NO2/c2*1-21-9-15-28-24(19-21)12-16-27(22-7-5-4-6-8-22)29(28)23-10-13-26(14-11-23)31-18-17-25(20-31)30(32-2)33-3/h2*4-11,13-15,19,25,27,29-30H,12,16-18,20H2,1-3H3/t25-,27+,29-;25-,27-,29+/m11/s1. The molecule has 344 valence electrons. The van der Waals surface area contributed by atoms with Crippen molar-refractivity contribution < 1.29 is 18.9 Å². The normalized spacial score (nSPS) is 22.5. The van der Waals surface area contributed by atoms with Crippen LogP contribution in [0.25, 0.3) is 0 Å². The first-order chi connectivity index (χ1) is 32.3. The molecule has 2 fully saturated rings. The first kappa shape index (κ1) is 45.9. The Hall–Kier alpha value is -5.24. The van der Waals surface area contributed by atoms with Gasteiger partial charge in [-0.1, -0.05) is 132 Å². The van der Waals surface area contributed by atoms with Gasteiger partial charge < -0.3 is 28.7 Å². The zero-order valence-corrected chi connectivity index (χ0v) is 40.1. The molecule has 6 aromatic carbocycles. The van der Waals surface area contributed by atoms with Crippen LogP contribution in [0.4, 0.5) is 11.4 Å². The summed E-state index contributed by atoms with van der Waals surface area (Å²) in [5.74, 6) is 2.62. The van der Waals surface area contributed by atoms with Gasteiger partial charge in [-0.05, 0) is 133 Å². The molecule has 0 bridgehead atoms. The highest BCUT2D eigenvalue weighted by molar-refractivity contribution is 5.54. The Morgan fingerprint density at radius 3 is 1.17 bits per heavy atom. The minimum Gasteiger partial charge on any atom is -0.371 e. The lowest BCUT2D eigenvalue weighted by molar-refractivity contribution is -0.132. The van der Waals surface area contributed by atoms with Crippen molar-refractivity contribution in [3.63, 3.8) is 0 Å². The first-order valence-corrected chi connectivity index (χ1v) is 24.5. The van der Waals surface area contributed by atoms with E-state index in [4.69, 9.17) is 18.9 Å². The Morgan fingerprint density at radius 1 is 0.424 bits per heavy atom. The van der Waals surface area contributed by atoms with Gasteiger partial charge in [-0.3, -0.25) is 0 Å². The molecule has 0 saturated carbocycles. The fourth-order valence-corrected chi connectivity index (χ4v) is 12.1. The highest BCUT2D eigenvalue weighted by atomic mass is 16.7. The van der Waals surface area contributed by atoms with Crippen LogP contribution in [0.1, 0.15) is 105 Å². The Morgan fingerprint density at radius 2 is 0.803 bits per heavy atom. The molecule has 10 rings (SSSR count). The van der Waals surface area contributed by atoms with Crippen molar-refractivity contribution in [2.24, 2.45) is 11.8 Å². The highest BCUT2D eigenvalue weighted by Gasteiger charge is 2.35. The lowest BCUT2D eigenvalue weighted by Crippen LogP contribution is -2.28. The zero-order chi connectivity index (χ0) is 45.6. The topological polar surface area (TPSA) is 43.4 Å². The number of methoxy groups -OCH3 is 4. The van der Waals surface area contributed by atoms with Gasteiger partial charge in [0.1, 0.15) is 0 Å². The number of benzene rings is 6. The van der Waals surface area contributed by atoms with Crippen molar-refractivity contribution in [2.75, 3.05) is 64.4 Å². The van der Waals surface area contributed by atoms with Gasteiger partial charge in [0.25, 0.3) is 0 Å². The predicted octanol–water partition coefficient (Wildman–Crippen LogP) is 12.6. The number of nitrogens with zero attached hydrogens (tertiary/aromatic N) is 2. The molecule has 0 N–H and O–H groups in total. The average molecular weight is 883 g/mol. The Balaban J connectivity index is 0.000000166. The minimum atomic E-state index is -0.122. The maximum absolute atomic E-state index is 5.51.